The number of halogens is 5. The number of nitriles is 2. The summed E-state index contributed by atoms with van der Waals surface area (Å²) in [6.07, 6.45) is -2.68. The number of piperazine rings is 2. The van der Waals surface area contributed by atoms with Crippen LogP contribution in [-0.2, 0) is 9.59 Å². The van der Waals surface area contributed by atoms with Gasteiger partial charge in [-0.15, -0.1) is 12.4 Å². The number of carbonyl (C=O) groups excluding carboxylic acids is 1. The van der Waals surface area contributed by atoms with Crippen molar-refractivity contribution in [2.75, 3.05) is 114 Å². The molecule has 0 radical (unpaired) electrons. The first-order chi connectivity index (χ1) is 43.4. The maximum Gasteiger partial charge on any atom is 0.332 e. The molecule has 2 aromatic carbocycles. The minimum absolute atomic E-state index is 0. The van der Waals surface area contributed by atoms with E-state index in [0.717, 1.165) is 55.5 Å². The van der Waals surface area contributed by atoms with Crippen molar-refractivity contribution in [1.82, 2.24) is 49.9 Å². The van der Waals surface area contributed by atoms with Gasteiger partial charge in [0.25, 0.3) is 11.8 Å². The van der Waals surface area contributed by atoms with Crippen LogP contribution in [0.15, 0.2) is 85.5 Å². The number of nitrogens with zero attached hydrogens (tertiary/aromatic N) is 13. The van der Waals surface area contributed by atoms with E-state index in [1.807, 2.05) is 30.3 Å². The Bertz CT molecular complexity index is 3610. The second kappa shape index (κ2) is 31.4. The largest absolute Gasteiger partial charge is 0.483 e. The number of carboxylic acid groups (broad SMARTS) is 1. The molecule has 92 heavy (non-hydrogen) atoms. The number of aliphatic hydroxyl groups excluding tert-OH is 2. The average molecular weight is 1300 g/mol. The van der Waals surface area contributed by atoms with Crippen molar-refractivity contribution in [3.63, 3.8) is 0 Å². The molecule has 25 nitrogen and oxygen atoms in total. The van der Waals surface area contributed by atoms with E-state index >= 15 is 0 Å². The second-order valence-electron chi connectivity index (χ2n) is 22.5. The highest BCUT2D eigenvalue weighted by Gasteiger charge is 2.48. The Balaban J connectivity index is 0.000000238. The number of likely N-dealkylation sites (tertiary alicyclic amines) is 1. The summed E-state index contributed by atoms with van der Waals surface area (Å²) in [7, 11) is 7.41. The number of aromatic nitrogens is 6. The molecule has 6 atom stereocenters. The number of anilines is 6. The van der Waals surface area contributed by atoms with Crippen LogP contribution in [-0.4, -0.2) is 214 Å². The monoisotopic (exact) mass is 1300 g/mol. The molecular weight excluding hydrogens is 1220 g/mol. The number of hydrogen-bond donors (Lipinski definition) is 6. The highest BCUT2D eigenvalue weighted by molar-refractivity contribution is 5.85. The van der Waals surface area contributed by atoms with Crippen molar-refractivity contribution in [3.8, 4) is 57.9 Å². The van der Waals surface area contributed by atoms with Crippen molar-refractivity contribution in [2.45, 2.75) is 88.9 Å². The third kappa shape index (κ3) is 17.7. The van der Waals surface area contributed by atoms with E-state index in [1.165, 1.54) is 44.7 Å². The fourth-order valence-corrected chi connectivity index (χ4v) is 10.7. The molecule has 10 rings (SSSR count). The summed E-state index contributed by atoms with van der Waals surface area (Å²) in [6.45, 7) is 11.4. The van der Waals surface area contributed by atoms with Gasteiger partial charge >= 0.3 is 11.9 Å². The molecule has 0 spiro atoms. The minimum atomic E-state index is -3.38. The number of likely N-dealkylation sites (N-methyl/N-ethyl adjacent to an activating group) is 2. The summed E-state index contributed by atoms with van der Waals surface area (Å²) in [6, 6.07) is 25.2. The number of benzene rings is 2. The van der Waals surface area contributed by atoms with Crippen LogP contribution in [0.5, 0.6) is 23.3 Å². The maximum absolute atomic E-state index is 14.9. The molecule has 4 aromatic heterocycles. The zero-order chi connectivity index (χ0) is 65.7. The van der Waals surface area contributed by atoms with Gasteiger partial charge in [-0.1, -0.05) is 0 Å². The number of pyridine rings is 2. The van der Waals surface area contributed by atoms with Gasteiger partial charge in [0.05, 0.1) is 49.8 Å². The van der Waals surface area contributed by atoms with Crippen molar-refractivity contribution in [2.24, 2.45) is 0 Å². The molecule has 6 N–H and O–H groups in total. The van der Waals surface area contributed by atoms with Crippen molar-refractivity contribution in [1.29, 1.82) is 10.5 Å². The summed E-state index contributed by atoms with van der Waals surface area (Å²) in [5, 5.41) is 53.8. The zero-order valence-electron chi connectivity index (χ0n) is 52.1. The van der Waals surface area contributed by atoms with Crippen LogP contribution in [0.2, 0.25) is 0 Å². The topological polar surface area (TPSA) is 309 Å². The highest BCUT2D eigenvalue weighted by Crippen LogP contribution is 2.38. The number of amides is 1. The molecule has 0 bridgehead atoms. The molecule has 30 heteroatoms. The number of ether oxygens (including phenoxy) is 4. The lowest BCUT2D eigenvalue weighted by molar-refractivity contribution is -0.165. The molecular formula is C62H75ClF4N16O9. The molecule has 4 aliphatic rings. The summed E-state index contributed by atoms with van der Waals surface area (Å²) in [5.74, 6) is -5.20. The van der Waals surface area contributed by atoms with E-state index in [9.17, 15) is 42.8 Å². The first kappa shape index (κ1) is 70.5. The molecule has 6 aromatic rings. The van der Waals surface area contributed by atoms with E-state index in [2.05, 4.69) is 99.5 Å². The summed E-state index contributed by atoms with van der Waals surface area (Å²) in [4.78, 5) is 58.1. The third-order valence-electron chi connectivity index (χ3n) is 15.5. The van der Waals surface area contributed by atoms with Gasteiger partial charge in [0.15, 0.2) is 12.2 Å². The Morgan fingerprint density at radius 1 is 0.652 bits per heavy atom. The fraction of sp³-hybridized carbons (Fsp3) is 0.452. The SMILES string of the molecule is COc1nc(Nc2cc(-c3ccc(OC4CCN(C(=O)[C@H](C)O)CC4(F)F)c(C#N)c3)ncn2)ccc1N1CCN(C)C[C@H]1C.COc1nc(Nc2cc(-c3ccc(OC4CCNCC4(F)F)c(C#N)c3)ncn2)ccc1N1CCN(C)C[C@H]1C.C[C@H](O)C(=O)O.Cl. The summed E-state index contributed by atoms with van der Waals surface area (Å²) >= 11 is 0. The van der Waals surface area contributed by atoms with Crippen molar-refractivity contribution >= 4 is 58.9 Å². The number of aliphatic carboxylic acids is 1. The maximum atomic E-state index is 14.9. The molecule has 492 valence electrons. The van der Waals surface area contributed by atoms with Crippen LogP contribution in [0.4, 0.5) is 52.2 Å². The Hall–Kier alpha value is -8.97. The molecule has 2 unspecified atom stereocenters. The molecule has 4 aliphatic heterocycles. The Kier molecular flexibility index (Phi) is 24.0. The molecule has 8 heterocycles. The van der Waals surface area contributed by atoms with Gasteiger partial charge < -0.3 is 74.7 Å². The standard InChI is InChI=1S/C31H36F2N8O4.C28H32F2N8O2.C3H6O3.ClH/c1-19-16-39(3)11-12-41(19)24-6-8-27(38-29(24)44-4)37-28-14-23(35-18-36-28)21-5-7-25(22(13-21)15-34)45-26-9-10-40(17-31(26,32)33)30(43)20(2)42;1-18-15-37(2)10-11-38(18)22-5-7-25(36-27(22)39-3)35-26-13-21(33-17-34-26)19-4-6-23(20(12-19)14-31)40-24-8-9-32-16-28(24,29)30;1-2(4)3(5)6;/h5-8,13-14,18-20,26,42H,9-12,16-17H2,1-4H3,(H,35,36,37,38);4-7,12-13,17-18,24,32H,8-11,15-16H2,1-3H3,(H,33,34,35,36);2,4H,1H3,(H,5,6);1H/t19-,20+,26?;18-,24?;2-;/m110./s1. The zero-order valence-corrected chi connectivity index (χ0v) is 52.9. The number of hydrogen-bond acceptors (Lipinski definition) is 23. The number of nitrogens with one attached hydrogen (secondary N) is 3. The highest BCUT2D eigenvalue weighted by atomic mass is 35.5. The number of methoxy groups -OCH3 is 2. The van der Waals surface area contributed by atoms with Crippen LogP contribution < -0.4 is 44.7 Å². The van der Waals surface area contributed by atoms with Gasteiger partial charge in [0.1, 0.15) is 83.1 Å². The van der Waals surface area contributed by atoms with E-state index in [1.54, 1.807) is 44.6 Å². The molecule has 4 saturated heterocycles. The van der Waals surface area contributed by atoms with E-state index in [4.69, 9.17) is 29.2 Å². The normalized spacial score (nSPS) is 20.1. The fourth-order valence-electron chi connectivity index (χ4n) is 10.7. The number of piperidine rings is 2. The lowest BCUT2D eigenvalue weighted by atomic mass is 10.0. The number of alkyl halides is 4. The van der Waals surface area contributed by atoms with Gasteiger partial charge in [-0.2, -0.15) is 20.5 Å². The number of rotatable bonds is 16. The van der Waals surface area contributed by atoms with Crippen LogP contribution in [0.3, 0.4) is 0 Å². The quantitative estimate of drug-likeness (QED) is 0.0540. The van der Waals surface area contributed by atoms with E-state index in [-0.39, 0.29) is 54.4 Å². The van der Waals surface area contributed by atoms with Gasteiger partial charge in [-0.3, -0.25) is 4.79 Å². The molecule has 4 fully saturated rings. The minimum Gasteiger partial charge on any atom is -0.483 e. The third-order valence-corrected chi connectivity index (χ3v) is 15.5. The Morgan fingerprint density at radius 2 is 1.11 bits per heavy atom. The summed E-state index contributed by atoms with van der Waals surface area (Å²) < 4.78 is 80.7. The van der Waals surface area contributed by atoms with E-state index < -0.39 is 61.2 Å². The number of aliphatic hydroxyl groups is 2. The smallest absolute Gasteiger partial charge is 0.332 e. The Morgan fingerprint density at radius 3 is 1.50 bits per heavy atom. The first-order valence-electron chi connectivity index (χ1n) is 29.4. The van der Waals surface area contributed by atoms with Crippen molar-refractivity contribution < 1.29 is 61.4 Å². The number of carbonyl (C=O) groups is 2. The van der Waals surface area contributed by atoms with Gasteiger partial charge in [-0.05, 0) is 109 Å². The van der Waals surface area contributed by atoms with Crippen LogP contribution in [0, 0.1) is 22.7 Å². The van der Waals surface area contributed by atoms with Crippen molar-refractivity contribution in [3.05, 3.63) is 96.6 Å². The predicted octanol–water partition coefficient (Wildman–Crippen LogP) is 6.85. The molecule has 0 aliphatic carbocycles. The molecule has 1 amide bonds. The average Bonchev–Trinajstić information content (AvgIpc) is 0.830. The van der Waals surface area contributed by atoms with Gasteiger partial charge in [0, 0.05) is 94.0 Å². The lowest BCUT2D eigenvalue weighted by Gasteiger charge is -2.40. The predicted molar refractivity (Wildman–Crippen MR) is 337 cm³/mol. The molecule has 0 saturated carbocycles. The lowest BCUT2D eigenvalue weighted by Crippen LogP contribution is -2.56. The first-order valence-corrected chi connectivity index (χ1v) is 29.4. The van der Waals surface area contributed by atoms with Crippen LogP contribution >= 0.6 is 12.4 Å². The van der Waals surface area contributed by atoms with Crippen LogP contribution in [0.25, 0.3) is 22.5 Å². The second-order valence-corrected chi connectivity index (χ2v) is 22.5. The van der Waals surface area contributed by atoms with E-state index in [0.29, 0.717) is 76.2 Å². The van der Waals surface area contributed by atoms with Gasteiger partial charge in [0.2, 0.25) is 11.8 Å². The summed E-state index contributed by atoms with van der Waals surface area (Å²) in [5.41, 5.74) is 4.26. The number of carboxylic acids is 1. The van der Waals surface area contributed by atoms with Crippen LogP contribution in [0.1, 0.15) is 51.7 Å². The Labute approximate surface area is 536 Å². The van der Waals surface area contributed by atoms with Gasteiger partial charge in [-0.25, -0.2) is 42.3 Å².